The van der Waals surface area contributed by atoms with Gasteiger partial charge in [0.1, 0.15) is 0 Å². The minimum absolute atomic E-state index is 0.0440. The molecular formula is C11H20F2N2O2. The Bertz CT molecular complexity index is 295. The zero-order valence-corrected chi connectivity index (χ0v) is 10.4. The molecule has 1 saturated carbocycles. The molecular weight excluding hydrogens is 230 g/mol. The van der Waals surface area contributed by atoms with E-state index < -0.39 is 18.1 Å². The van der Waals surface area contributed by atoms with E-state index in [1.165, 1.54) is 5.43 Å². The van der Waals surface area contributed by atoms with Gasteiger partial charge in [0, 0.05) is 0 Å². The molecule has 1 fully saturated rings. The average Bonchev–Trinajstić information content (AvgIpc) is 2.11. The van der Waals surface area contributed by atoms with Gasteiger partial charge in [-0.1, -0.05) is 20.8 Å². The molecule has 0 aromatic carbocycles. The van der Waals surface area contributed by atoms with Crippen molar-refractivity contribution in [1.29, 1.82) is 0 Å². The van der Waals surface area contributed by atoms with Gasteiger partial charge in [0.2, 0.25) is 0 Å². The zero-order chi connectivity index (χ0) is 13.3. The van der Waals surface area contributed by atoms with E-state index in [0.717, 1.165) is 6.42 Å². The largest absolute Gasteiger partial charge is 0.438 e. The van der Waals surface area contributed by atoms with Gasteiger partial charge in [0.15, 0.2) is 0 Å². The van der Waals surface area contributed by atoms with E-state index in [9.17, 15) is 13.6 Å². The highest BCUT2D eigenvalue weighted by atomic mass is 19.3. The molecule has 0 spiro atoms. The first kappa shape index (κ1) is 14.3. The number of nitrogens with two attached hydrogens (primary N) is 1. The van der Waals surface area contributed by atoms with Crippen LogP contribution in [0.1, 0.15) is 40.0 Å². The third kappa shape index (κ3) is 3.89. The van der Waals surface area contributed by atoms with Gasteiger partial charge in [-0.05, 0) is 30.6 Å². The fourth-order valence-corrected chi connectivity index (χ4v) is 2.70. The molecule has 17 heavy (non-hydrogen) atoms. The van der Waals surface area contributed by atoms with Crippen LogP contribution in [0.5, 0.6) is 0 Å². The second-order valence-electron chi connectivity index (χ2n) is 5.64. The Kier molecular flexibility index (Phi) is 4.09. The zero-order valence-electron chi connectivity index (χ0n) is 10.4. The van der Waals surface area contributed by atoms with Crippen LogP contribution in [-0.2, 0) is 9.53 Å². The second-order valence-corrected chi connectivity index (χ2v) is 5.64. The van der Waals surface area contributed by atoms with E-state index in [4.69, 9.17) is 0 Å². The summed E-state index contributed by atoms with van der Waals surface area (Å²) in [7, 11) is 0. The number of halogens is 2. The lowest BCUT2D eigenvalue weighted by Gasteiger charge is -2.39. The lowest BCUT2D eigenvalue weighted by Crippen LogP contribution is -2.48. The number of amides is 1. The number of alkyl halides is 2. The van der Waals surface area contributed by atoms with E-state index in [1.54, 1.807) is 0 Å². The van der Waals surface area contributed by atoms with E-state index >= 15 is 0 Å². The standard InChI is InChI=1S/C11H20F2N2O2/c1-7-4-8(6-10(2,3)5-7)17-11(12,13)9(16)15-14/h7-8H,4-6,14H2,1-3H3,(H,15,16). The third-order valence-electron chi connectivity index (χ3n) is 3.06. The van der Waals surface area contributed by atoms with Gasteiger partial charge in [-0.25, -0.2) is 5.84 Å². The molecule has 0 aliphatic heterocycles. The van der Waals surface area contributed by atoms with E-state index in [0.29, 0.717) is 18.8 Å². The van der Waals surface area contributed by atoms with Crippen molar-refractivity contribution in [1.82, 2.24) is 5.43 Å². The Morgan fingerprint density at radius 3 is 2.53 bits per heavy atom. The predicted molar refractivity (Wildman–Crippen MR) is 58.9 cm³/mol. The van der Waals surface area contributed by atoms with Crippen molar-refractivity contribution >= 4 is 5.91 Å². The van der Waals surface area contributed by atoms with Gasteiger partial charge in [0.25, 0.3) is 0 Å². The van der Waals surface area contributed by atoms with Gasteiger partial charge in [0.05, 0.1) is 6.10 Å². The van der Waals surface area contributed by atoms with Crippen LogP contribution in [0.3, 0.4) is 0 Å². The fourth-order valence-electron chi connectivity index (χ4n) is 2.70. The molecule has 0 heterocycles. The first-order chi connectivity index (χ1) is 7.66. The summed E-state index contributed by atoms with van der Waals surface area (Å²) in [5.41, 5.74) is 1.37. The van der Waals surface area contributed by atoms with Crippen molar-refractivity contribution in [2.45, 2.75) is 52.2 Å². The highest BCUT2D eigenvalue weighted by molar-refractivity contribution is 5.81. The maximum atomic E-state index is 13.3. The molecule has 4 nitrogen and oxygen atoms in total. The summed E-state index contributed by atoms with van der Waals surface area (Å²) >= 11 is 0. The number of ether oxygens (including phenoxy) is 1. The maximum absolute atomic E-state index is 13.3. The molecule has 1 aliphatic rings. The summed E-state index contributed by atoms with van der Waals surface area (Å²) in [4.78, 5) is 10.8. The number of hydrogen-bond acceptors (Lipinski definition) is 3. The Morgan fingerprint density at radius 1 is 1.47 bits per heavy atom. The normalized spacial score (nSPS) is 28.8. The van der Waals surface area contributed by atoms with E-state index in [2.05, 4.69) is 10.6 Å². The van der Waals surface area contributed by atoms with Crippen molar-refractivity contribution in [3.8, 4) is 0 Å². The maximum Gasteiger partial charge on any atom is 0.438 e. The number of nitrogens with one attached hydrogen (secondary N) is 1. The first-order valence-electron chi connectivity index (χ1n) is 5.73. The molecule has 100 valence electrons. The highest BCUT2D eigenvalue weighted by Gasteiger charge is 2.45. The molecule has 0 radical (unpaired) electrons. The molecule has 1 rings (SSSR count). The van der Waals surface area contributed by atoms with Gasteiger partial charge >= 0.3 is 12.0 Å². The van der Waals surface area contributed by atoms with E-state index in [-0.39, 0.29) is 5.41 Å². The van der Waals surface area contributed by atoms with Crippen LogP contribution in [0.4, 0.5) is 8.78 Å². The first-order valence-corrected chi connectivity index (χ1v) is 5.73. The van der Waals surface area contributed by atoms with Crippen molar-refractivity contribution in [2.75, 3.05) is 0 Å². The number of carbonyl (C=O) groups excluding carboxylic acids is 1. The smallest absolute Gasteiger partial charge is 0.309 e. The molecule has 1 amide bonds. The molecule has 0 aromatic rings. The molecule has 0 bridgehead atoms. The topological polar surface area (TPSA) is 64.3 Å². The van der Waals surface area contributed by atoms with Crippen molar-refractivity contribution in [3.05, 3.63) is 0 Å². The third-order valence-corrected chi connectivity index (χ3v) is 3.06. The molecule has 0 saturated heterocycles. The minimum atomic E-state index is -3.85. The molecule has 2 atom stereocenters. The lowest BCUT2D eigenvalue weighted by molar-refractivity contribution is -0.259. The van der Waals surface area contributed by atoms with Gasteiger partial charge in [-0.15, -0.1) is 0 Å². The number of hydrazine groups is 1. The molecule has 2 unspecified atom stereocenters. The van der Waals surface area contributed by atoms with Gasteiger partial charge < -0.3 is 4.74 Å². The quantitative estimate of drug-likeness (QED) is 0.456. The predicted octanol–water partition coefficient (Wildman–Crippen LogP) is 1.80. The van der Waals surface area contributed by atoms with Crippen molar-refractivity contribution in [2.24, 2.45) is 17.2 Å². The van der Waals surface area contributed by atoms with E-state index in [1.807, 2.05) is 20.8 Å². The molecule has 3 N–H and O–H groups in total. The summed E-state index contributed by atoms with van der Waals surface area (Å²) in [6, 6.07) is 0. The molecule has 0 aromatic heterocycles. The summed E-state index contributed by atoms with van der Waals surface area (Å²) in [6.45, 7) is 6.03. The van der Waals surface area contributed by atoms with Crippen molar-refractivity contribution in [3.63, 3.8) is 0 Å². The fraction of sp³-hybridized carbons (Fsp3) is 0.909. The summed E-state index contributed by atoms with van der Waals surface area (Å²) in [5.74, 6) is 3.39. The van der Waals surface area contributed by atoms with Crippen LogP contribution in [-0.4, -0.2) is 18.1 Å². The van der Waals surface area contributed by atoms with Crippen LogP contribution >= 0.6 is 0 Å². The summed E-state index contributed by atoms with van der Waals surface area (Å²) < 4.78 is 31.1. The van der Waals surface area contributed by atoms with Crippen LogP contribution in [0.25, 0.3) is 0 Å². The Labute approximate surface area is 99.8 Å². The van der Waals surface area contributed by atoms with Crippen LogP contribution in [0.2, 0.25) is 0 Å². The average molecular weight is 250 g/mol. The monoisotopic (exact) mass is 250 g/mol. The SMILES string of the molecule is CC1CC(OC(F)(F)C(=O)NN)CC(C)(C)C1. The van der Waals surface area contributed by atoms with Gasteiger partial charge in [-0.2, -0.15) is 8.78 Å². The molecule has 6 heteroatoms. The number of carbonyl (C=O) groups is 1. The van der Waals surface area contributed by atoms with Crippen LogP contribution in [0.15, 0.2) is 0 Å². The lowest BCUT2D eigenvalue weighted by atomic mass is 9.71. The summed E-state index contributed by atoms with van der Waals surface area (Å²) in [5, 5.41) is 0. The summed E-state index contributed by atoms with van der Waals surface area (Å²) in [6.07, 6.45) is -2.43. The van der Waals surface area contributed by atoms with Crippen molar-refractivity contribution < 1.29 is 18.3 Å². The Hall–Kier alpha value is -0.750. The van der Waals surface area contributed by atoms with Crippen LogP contribution in [0, 0.1) is 11.3 Å². The number of rotatable bonds is 3. The van der Waals surface area contributed by atoms with Crippen LogP contribution < -0.4 is 11.3 Å². The molecule has 1 aliphatic carbocycles. The Balaban J connectivity index is 2.65. The second kappa shape index (κ2) is 4.86. The Morgan fingerprint density at radius 2 is 2.06 bits per heavy atom. The number of hydrogen-bond donors (Lipinski definition) is 2. The minimum Gasteiger partial charge on any atom is -0.309 e. The highest BCUT2D eigenvalue weighted by Crippen LogP contribution is 2.41. The van der Waals surface area contributed by atoms with Gasteiger partial charge in [-0.3, -0.25) is 10.2 Å².